The Morgan fingerprint density at radius 3 is 2.17 bits per heavy atom. The van der Waals surface area contributed by atoms with Crippen LogP contribution in [-0.2, 0) is 4.74 Å². The number of halogens is 1. The van der Waals surface area contributed by atoms with E-state index in [1.807, 2.05) is 0 Å². The van der Waals surface area contributed by atoms with E-state index in [0.29, 0.717) is 16.4 Å². The van der Waals surface area contributed by atoms with E-state index in [0.717, 1.165) is 4.31 Å². The van der Waals surface area contributed by atoms with Gasteiger partial charge in [-0.05, 0) is 0 Å². The fourth-order valence-electron chi connectivity index (χ4n) is 0.378. The predicted octanol–water partition coefficient (Wildman–Crippen LogP) is 1.27. The van der Waals surface area contributed by atoms with Crippen LogP contribution < -0.4 is 0 Å². The molecule has 2 amide bonds. The fraction of sp³-hybridized carbons (Fsp3) is 0.600. The highest BCUT2D eigenvalue weighted by Gasteiger charge is 2.15. The van der Waals surface area contributed by atoms with E-state index in [4.69, 9.17) is 0 Å². The molecule has 70 valence electrons. The monoisotopic (exact) mass is 196 g/mol. The number of rotatable bonds is 2. The maximum Gasteiger partial charge on any atom is 0.420 e. The van der Waals surface area contributed by atoms with Crippen LogP contribution in [0, 0.1) is 0 Å². The molecule has 0 saturated carbocycles. The number of ether oxygens (including phenoxy) is 1. The lowest BCUT2D eigenvalue weighted by atomic mass is 11.1. The topological polar surface area (TPSA) is 49.9 Å². The lowest BCUT2D eigenvalue weighted by Crippen LogP contribution is -2.26. The smallest absolute Gasteiger partial charge is 0.420 e. The second-order valence-electron chi connectivity index (χ2n) is 1.80. The summed E-state index contributed by atoms with van der Waals surface area (Å²) in [5.41, 5.74) is 0. The Morgan fingerprint density at radius 1 is 1.33 bits per heavy atom. The number of methoxy groups -OCH3 is 1. The zero-order valence-corrected chi connectivity index (χ0v) is 7.72. The molecule has 0 bridgehead atoms. The summed E-state index contributed by atoms with van der Waals surface area (Å²) in [4.78, 5) is 20.7. The van der Waals surface area contributed by atoms with Crippen LogP contribution in [0.4, 0.5) is 14.0 Å². The largest absolute Gasteiger partial charge is 0.452 e. The minimum atomic E-state index is -1.63. The van der Waals surface area contributed by atoms with E-state index in [1.165, 1.54) is 21.2 Å². The number of nitrogens with zero attached hydrogens (tertiary/aromatic N) is 2. The van der Waals surface area contributed by atoms with E-state index in [1.54, 1.807) is 0 Å². The Hall–Kier alpha value is -0.980. The average Bonchev–Trinajstić information content (AvgIpc) is 2.02. The van der Waals surface area contributed by atoms with Crippen LogP contribution in [0.25, 0.3) is 0 Å². The van der Waals surface area contributed by atoms with E-state index in [2.05, 4.69) is 4.74 Å². The summed E-state index contributed by atoms with van der Waals surface area (Å²) < 4.78 is 17.9. The maximum atomic E-state index is 11.9. The number of carbonyl (C=O) groups is 2. The summed E-state index contributed by atoms with van der Waals surface area (Å²) in [7, 11) is 3.75. The molecule has 0 atom stereocenters. The third-order valence-electron chi connectivity index (χ3n) is 0.924. The predicted molar refractivity (Wildman–Crippen MR) is 42.0 cm³/mol. The number of amides is 2. The van der Waals surface area contributed by atoms with Gasteiger partial charge in [0.15, 0.2) is 0 Å². The number of carbonyl (C=O) groups excluding carboxylic acids is 2. The van der Waals surface area contributed by atoms with Crippen LogP contribution in [-0.4, -0.2) is 42.1 Å². The van der Waals surface area contributed by atoms with Crippen molar-refractivity contribution in [2.24, 2.45) is 0 Å². The van der Waals surface area contributed by atoms with Crippen molar-refractivity contribution >= 4 is 24.4 Å². The molecule has 0 aromatic rings. The van der Waals surface area contributed by atoms with Crippen molar-refractivity contribution < 1.29 is 18.7 Å². The molecule has 0 heterocycles. The quantitative estimate of drug-likeness (QED) is 0.379. The molecule has 7 heteroatoms. The van der Waals surface area contributed by atoms with Crippen molar-refractivity contribution in [2.45, 2.75) is 0 Å². The SMILES string of the molecule is COC(=O)N(C)SN(C)C(=O)F. The van der Waals surface area contributed by atoms with Crippen molar-refractivity contribution in [1.82, 2.24) is 8.61 Å². The Bertz CT molecular complexity index is 190. The van der Waals surface area contributed by atoms with Crippen molar-refractivity contribution in [2.75, 3.05) is 21.2 Å². The zero-order valence-electron chi connectivity index (χ0n) is 6.91. The van der Waals surface area contributed by atoms with E-state index in [-0.39, 0.29) is 0 Å². The van der Waals surface area contributed by atoms with E-state index in [9.17, 15) is 14.0 Å². The minimum absolute atomic E-state index is 0.608. The first kappa shape index (κ1) is 11.0. The summed E-state index contributed by atoms with van der Waals surface area (Å²) in [6.07, 6.45) is -2.29. The minimum Gasteiger partial charge on any atom is -0.452 e. The van der Waals surface area contributed by atoms with Crippen molar-refractivity contribution in [3.05, 3.63) is 0 Å². The van der Waals surface area contributed by atoms with Gasteiger partial charge in [-0.1, -0.05) is 0 Å². The van der Waals surface area contributed by atoms with Crippen LogP contribution in [0.1, 0.15) is 0 Å². The van der Waals surface area contributed by atoms with Crippen LogP contribution >= 0.6 is 12.1 Å². The molecule has 12 heavy (non-hydrogen) atoms. The second kappa shape index (κ2) is 4.81. The normalized spacial score (nSPS) is 9.00. The van der Waals surface area contributed by atoms with Crippen LogP contribution in [0.5, 0.6) is 0 Å². The standard InChI is InChI=1S/C5H9FN2O3S/c1-7(4(6)9)12-8(2)5(10)11-3/h1-3H3. The molecule has 0 aliphatic rings. The highest BCUT2D eigenvalue weighted by molar-refractivity contribution is 7.95. The Labute approximate surface area is 73.7 Å². The molecule has 0 spiro atoms. The highest BCUT2D eigenvalue weighted by atomic mass is 32.2. The molecule has 0 radical (unpaired) electrons. The summed E-state index contributed by atoms with van der Waals surface area (Å²) >= 11 is 0.608. The summed E-state index contributed by atoms with van der Waals surface area (Å²) in [5, 5.41) is 0. The molecule has 0 aliphatic heterocycles. The van der Waals surface area contributed by atoms with Gasteiger partial charge in [0.25, 0.3) is 0 Å². The molecule has 5 nitrogen and oxygen atoms in total. The van der Waals surface area contributed by atoms with Crippen molar-refractivity contribution in [1.29, 1.82) is 0 Å². The lowest BCUT2D eigenvalue weighted by Gasteiger charge is -2.17. The summed E-state index contributed by atoms with van der Waals surface area (Å²) in [5.74, 6) is 0. The molecule has 0 rings (SSSR count). The molecular weight excluding hydrogens is 187 g/mol. The van der Waals surface area contributed by atoms with Crippen LogP contribution in [0.2, 0.25) is 0 Å². The van der Waals surface area contributed by atoms with Gasteiger partial charge in [0.05, 0.1) is 19.2 Å². The van der Waals surface area contributed by atoms with Gasteiger partial charge in [0.2, 0.25) is 0 Å². The molecule has 0 N–H and O–H groups in total. The van der Waals surface area contributed by atoms with Gasteiger partial charge in [0, 0.05) is 14.1 Å². The summed E-state index contributed by atoms with van der Waals surface area (Å²) in [6.45, 7) is 0. The Balaban J connectivity index is 3.91. The van der Waals surface area contributed by atoms with Gasteiger partial charge < -0.3 is 4.74 Å². The number of hydrogen-bond acceptors (Lipinski definition) is 4. The van der Waals surface area contributed by atoms with E-state index >= 15 is 0 Å². The number of hydrogen-bond donors (Lipinski definition) is 0. The van der Waals surface area contributed by atoms with Crippen molar-refractivity contribution in [3.63, 3.8) is 0 Å². The van der Waals surface area contributed by atoms with Gasteiger partial charge in [-0.25, -0.2) is 18.2 Å². The van der Waals surface area contributed by atoms with E-state index < -0.39 is 12.3 Å². The van der Waals surface area contributed by atoms with Gasteiger partial charge in [-0.3, -0.25) is 0 Å². The van der Waals surface area contributed by atoms with Crippen molar-refractivity contribution in [3.8, 4) is 0 Å². The molecular formula is C5H9FN2O3S. The molecule has 0 fully saturated rings. The zero-order chi connectivity index (χ0) is 9.72. The van der Waals surface area contributed by atoms with Crippen LogP contribution in [0.15, 0.2) is 0 Å². The van der Waals surface area contributed by atoms with Gasteiger partial charge >= 0.3 is 12.3 Å². The molecule has 0 saturated heterocycles. The average molecular weight is 196 g/mol. The molecule has 0 aromatic heterocycles. The third-order valence-corrected chi connectivity index (χ3v) is 1.71. The second-order valence-corrected chi connectivity index (χ2v) is 3.06. The molecule has 0 aliphatic carbocycles. The lowest BCUT2D eigenvalue weighted by molar-refractivity contribution is 0.156. The first-order chi connectivity index (χ1) is 5.49. The Morgan fingerprint density at radius 2 is 1.83 bits per heavy atom. The Kier molecular flexibility index (Phi) is 4.42. The fourth-order valence-corrected chi connectivity index (χ4v) is 0.951. The first-order valence-corrected chi connectivity index (χ1v) is 3.65. The first-order valence-electron chi connectivity index (χ1n) is 2.92. The third kappa shape index (κ3) is 3.42. The highest BCUT2D eigenvalue weighted by Crippen LogP contribution is 2.13. The van der Waals surface area contributed by atoms with Gasteiger partial charge in [-0.15, -0.1) is 4.39 Å². The van der Waals surface area contributed by atoms with Gasteiger partial charge in [-0.2, -0.15) is 0 Å². The van der Waals surface area contributed by atoms with Gasteiger partial charge in [0.1, 0.15) is 0 Å². The molecule has 0 aromatic carbocycles. The summed E-state index contributed by atoms with van der Waals surface area (Å²) in [6, 6.07) is 0. The van der Waals surface area contributed by atoms with Crippen LogP contribution in [0.3, 0.4) is 0 Å². The maximum absolute atomic E-state index is 11.9. The molecule has 0 unspecified atom stereocenters.